The van der Waals surface area contributed by atoms with Gasteiger partial charge in [-0.15, -0.1) is 11.3 Å². The van der Waals surface area contributed by atoms with Crippen LogP contribution >= 0.6 is 11.3 Å². The molecule has 1 heterocycles. The molecule has 0 saturated heterocycles. The second-order valence-electron chi connectivity index (χ2n) is 5.44. The van der Waals surface area contributed by atoms with Gasteiger partial charge in [0.15, 0.2) is 5.78 Å². The molecule has 0 spiro atoms. The summed E-state index contributed by atoms with van der Waals surface area (Å²) in [6.45, 7) is 3.34. The first kappa shape index (κ1) is 17.3. The van der Waals surface area contributed by atoms with Crippen LogP contribution in [0.4, 0.5) is 0 Å². The van der Waals surface area contributed by atoms with Crippen molar-refractivity contribution >= 4 is 27.2 Å². The molecule has 0 radical (unpaired) electrons. The molecule has 0 saturated carbocycles. The summed E-state index contributed by atoms with van der Waals surface area (Å²) in [5.74, 6) is 0.0885. The molecular formula is C18H15NO4S2. The van der Waals surface area contributed by atoms with Crippen molar-refractivity contribution in [2.75, 3.05) is 0 Å². The van der Waals surface area contributed by atoms with Gasteiger partial charge in [-0.05, 0) is 50.2 Å². The summed E-state index contributed by atoms with van der Waals surface area (Å²) < 4.78 is 29.8. The van der Waals surface area contributed by atoms with E-state index < -0.39 is 10.1 Å². The molecule has 0 N–H and O–H groups in total. The Hall–Kier alpha value is -2.51. The van der Waals surface area contributed by atoms with Gasteiger partial charge in [-0.2, -0.15) is 8.42 Å². The molecule has 25 heavy (non-hydrogen) atoms. The second-order valence-corrected chi connectivity index (χ2v) is 7.84. The molecule has 1 aromatic heterocycles. The number of carbonyl (C=O) groups is 1. The van der Waals surface area contributed by atoms with E-state index in [4.69, 9.17) is 4.18 Å². The van der Waals surface area contributed by atoms with Crippen molar-refractivity contribution < 1.29 is 17.4 Å². The molecule has 0 aliphatic carbocycles. The van der Waals surface area contributed by atoms with Crippen LogP contribution in [0.1, 0.15) is 23.0 Å². The van der Waals surface area contributed by atoms with Gasteiger partial charge in [-0.3, -0.25) is 4.79 Å². The average molecular weight is 373 g/mol. The number of hydrogen-bond acceptors (Lipinski definition) is 6. The van der Waals surface area contributed by atoms with E-state index >= 15 is 0 Å². The van der Waals surface area contributed by atoms with Crippen LogP contribution in [0.25, 0.3) is 10.6 Å². The molecule has 2 aromatic carbocycles. The summed E-state index contributed by atoms with van der Waals surface area (Å²) in [6.07, 6.45) is 0. The van der Waals surface area contributed by atoms with Gasteiger partial charge in [-0.1, -0.05) is 12.1 Å². The number of benzene rings is 2. The lowest BCUT2D eigenvalue weighted by Gasteiger charge is -2.08. The standard InChI is InChI=1S/C18H15NO4S2/c1-12-11-24-18(19-12)15-3-7-16(8-4-15)23-25(21,22)17-9-5-14(6-10-17)13(2)20/h3-11H,1-2H3. The van der Waals surface area contributed by atoms with Crippen molar-refractivity contribution in [3.8, 4) is 16.3 Å². The van der Waals surface area contributed by atoms with Gasteiger partial charge in [0.1, 0.15) is 15.7 Å². The monoisotopic (exact) mass is 373 g/mol. The normalized spacial score (nSPS) is 11.3. The zero-order valence-electron chi connectivity index (χ0n) is 13.6. The Morgan fingerprint density at radius 1 is 1.04 bits per heavy atom. The predicted octanol–water partition coefficient (Wildman–Crippen LogP) is 4.09. The molecule has 3 aromatic rings. The molecule has 7 heteroatoms. The molecule has 0 fully saturated rings. The smallest absolute Gasteiger partial charge is 0.339 e. The van der Waals surface area contributed by atoms with E-state index in [2.05, 4.69) is 4.98 Å². The highest BCUT2D eigenvalue weighted by Gasteiger charge is 2.17. The minimum Gasteiger partial charge on any atom is -0.379 e. The SMILES string of the molecule is CC(=O)c1ccc(S(=O)(=O)Oc2ccc(-c3nc(C)cs3)cc2)cc1. The average Bonchev–Trinajstić information content (AvgIpc) is 3.02. The predicted molar refractivity (Wildman–Crippen MR) is 96.5 cm³/mol. The van der Waals surface area contributed by atoms with Gasteiger partial charge >= 0.3 is 10.1 Å². The lowest BCUT2D eigenvalue weighted by molar-refractivity contribution is 0.101. The first-order chi connectivity index (χ1) is 11.8. The third-order valence-corrected chi connectivity index (χ3v) is 5.75. The number of aryl methyl sites for hydroxylation is 1. The fourth-order valence-electron chi connectivity index (χ4n) is 2.17. The van der Waals surface area contributed by atoms with Crippen LogP contribution in [0.5, 0.6) is 5.75 Å². The van der Waals surface area contributed by atoms with Gasteiger partial charge in [0.25, 0.3) is 0 Å². The number of thiazole rings is 1. The van der Waals surface area contributed by atoms with E-state index in [1.165, 1.54) is 42.5 Å². The molecular weight excluding hydrogens is 358 g/mol. The lowest BCUT2D eigenvalue weighted by atomic mass is 10.2. The van der Waals surface area contributed by atoms with E-state index in [1.807, 2.05) is 12.3 Å². The van der Waals surface area contributed by atoms with Crippen molar-refractivity contribution in [2.24, 2.45) is 0 Å². The van der Waals surface area contributed by atoms with Crippen LogP contribution in [0.2, 0.25) is 0 Å². The summed E-state index contributed by atoms with van der Waals surface area (Å²) in [4.78, 5) is 15.6. The summed E-state index contributed by atoms with van der Waals surface area (Å²) in [6, 6.07) is 12.4. The molecule has 0 aliphatic heterocycles. The van der Waals surface area contributed by atoms with Gasteiger partial charge in [-0.25, -0.2) is 4.98 Å². The first-order valence-electron chi connectivity index (χ1n) is 7.43. The van der Waals surface area contributed by atoms with E-state index in [0.717, 1.165) is 16.3 Å². The molecule has 0 bridgehead atoms. The van der Waals surface area contributed by atoms with Gasteiger partial charge in [0.2, 0.25) is 0 Å². The molecule has 5 nitrogen and oxygen atoms in total. The maximum Gasteiger partial charge on any atom is 0.339 e. The van der Waals surface area contributed by atoms with Gasteiger partial charge in [0, 0.05) is 22.2 Å². The molecule has 0 amide bonds. The number of ketones is 1. The van der Waals surface area contributed by atoms with Crippen LogP contribution in [0, 0.1) is 6.92 Å². The molecule has 0 unspecified atom stereocenters. The van der Waals surface area contributed by atoms with Gasteiger partial charge < -0.3 is 4.18 Å². The van der Waals surface area contributed by atoms with Crippen LogP contribution in [-0.2, 0) is 10.1 Å². The fraction of sp³-hybridized carbons (Fsp3) is 0.111. The van der Waals surface area contributed by atoms with Crippen molar-refractivity contribution in [3.05, 3.63) is 65.2 Å². The highest BCUT2D eigenvalue weighted by molar-refractivity contribution is 7.87. The quantitative estimate of drug-likeness (QED) is 0.497. The molecule has 3 rings (SSSR count). The summed E-state index contributed by atoms with van der Waals surface area (Å²) in [5, 5.41) is 2.82. The number of rotatable bonds is 5. The van der Waals surface area contributed by atoms with Crippen molar-refractivity contribution in [2.45, 2.75) is 18.7 Å². The second kappa shape index (κ2) is 6.78. The number of carbonyl (C=O) groups excluding carboxylic acids is 1. The summed E-state index contributed by atoms with van der Waals surface area (Å²) >= 11 is 1.52. The first-order valence-corrected chi connectivity index (χ1v) is 9.72. The Bertz CT molecular complexity index is 1000. The zero-order valence-corrected chi connectivity index (χ0v) is 15.2. The number of Topliss-reactive ketones (excluding diaryl/α,β-unsaturated/α-hetero) is 1. The highest BCUT2D eigenvalue weighted by atomic mass is 32.2. The van der Waals surface area contributed by atoms with Crippen molar-refractivity contribution in [1.29, 1.82) is 0 Å². The number of aromatic nitrogens is 1. The van der Waals surface area contributed by atoms with E-state index in [1.54, 1.807) is 24.3 Å². The Morgan fingerprint density at radius 2 is 1.68 bits per heavy atom. The van der Waals surface area contributed by atoms with Crippen LogP contribution < -0.4 is 4.18 Å². The minimum atomic E-state index is -3.95. The topological polar surface area (TPSA) is 73.3 Å². The van der Waals surface area contributed by atoms with E-state index in [0.29, 0.717) is 5.56 Å². The maximum absolute atomic E-state index is 12.3. The summed E-state index contributed by atoms with van der Waals surface area (Å²) in [7, 11) is -3.95. The van der Waals surface area contributed by atoms with E-state index in [9.17, 15) is 13.2 Å². The van der Waals surface area contributed by atoms with Crippen LogP contribution in [0.15, 0.2) is 58.8 Å². The van der Waals surface area contributed by atoms with Crippen molar-refractivity contribution in [3.63, 3.8) is 0 Å². The van der Waals surface area contributed by atoms with Crippen LogP contribution in [0.3, 0.4) is 0 Å². The van der Waals surface area contributed by atoms with Crippen molar-refractivity contribution in [1.82, 2.24) is 4.98 Å². The van der Waals surface area contributed by atoms with Gasteiger partial charge in [0.05, 0.1) is 0 Å². The third-order valence-electron chi connectivity index (χ3n) is 3.48. The Kier molecular flexibility index (Phi) is 4.69. The lowest BCUT2D eigenvalue weighted by Crippen LogP contribution is -2.10. The Morgan fingerprint density at radius 3 is 2.20 bits per heavy atom. The van der Waals surface area contributed by atoms with Crippen LogP contribution in [-0.4, -0.2) is 19.2 Å². The largest absolute Gasteiger partial charge is 0.379 e. The highest BCUT2D eigenvalue weighted by Crippen LogP contribution is 2.27. The molecule has 0 aliphatic rings. The molecule has 0 atom stereocenters. The third kappa shape index (κ3) is 3.94. The fourth-order valence-corrected chi connectivity index (χ4v) is 3.90. The summed E-state index contributed by atoms with van der Waals surface area (Å²) in [5.41, 5.74) is 2.28. The molecule has 128 valence electrons. The maximum atomic E-state index is 12.3. The minimum absolute atomic E-state index is 0.00266. The number of nitrogens with zero attached hydrogens (tertiary/aromatic N) is 1. The Labute approximate surface area is 150 Å². The van der Waals surface area contributed by atoms with E-state index in [-0.39, 0.29) is 16.4 Å². The Balaban J connectivity index is 1.79. The zero-order chi connectivity index (χ0) is 18.0. The number of hydrogen-bond donors (Lipinski definition) is 0.